The van der Waals surface area contributed by atoms with E-state index in [0.29, 0.717) is 6.61 Å². The molecule has 3 saturated heterocycles. The van der Waals surface area contributed by atoms with E-state index < -0.39 is 17.8 Å². The van der Waals surface area contributed by atoms with Crippen LogP contribution in [0.3, 0.4) is 0 Å². The quantitative estimate of drug-likeness (QED) is 0.753. The molecule has 126 valence electrons. The van der Waals surface area contributed by atoms with Gasteiger partial charge in [-0.3, -0.25) is 4.79 Å². The maximum Gasteiger partial charge on any atom is 0.222 e. The van der Waals surface area contributed by atoms with Crippen LogP contribution in [0, 0.1) is 0 Å². The number of hydrogen-bond donors (Lipinski definition) is 0. The summed E-state index contributed by atoms with van der Waals surface area (Å²) in [5.74, 6) is -0.698. The first-order valence-corrected chi connectivity index (χ1v) is 7.64. The minimum absolute atomic E-state index is 0.0623. The van der Waals surface area contributed by atoms with Crippen LogP contribution in [0.1, 0.15) is 34.6 Å². The van der Waals surface area contributed by atoms with E-state index >= 15 is 0 Å². The number of methoxy groups -OCH3 is 1. The SMILES string of the molecule is CO[C@H]1O[C@H]([C@H]2COC(C)(C)O2)[C@@H]2OC(C)(C)N(C(C)=O)[C@H]12. The third-order valence-electron chi connectivity index (χ3n) is 4.50. The van der Waals surface area contributed by atoms with E-state index in [-0.39, 0.29) is 30.3 Å². The van der Waals surface area contributed by atoms with Crippen molar-refractivity contribution in [3.63, 3.8) is 0 Å². The molecule has 0 bridgehead atoms. The van der Waals surface area contributed by atoms with Gasteiger partial charge >= 0.3 is 0 Å². The largest absolute Gasteiger partial charge is 0.354 e. The molecule has 7 nitrogen and oxygen atoms in total. The Morgan fingerprint density at radius 3 is 2.36 bits per heavy atom. The van der Waals surface area contributed by atoms with E-state index in [1.54, 1.807) is 12.0 Å². The van der Waals surface area contributed by atoms with Gasteiger partial charge in [-0.2, -0.15) is 0 Å². The number of carbonyl (C=O) groups excluding carboxylic acids is 1. The van der Waals surface area contributed by atoms with E-state index in [9.17, 15) is 4.79 Å². The van der Waals surface area contributed by atoms with Gasteiger partial charge in [-0.15, -0.1) is 0 Å². The van der Waals surface area contributed by atoms with E-state index in [0.717, 1.165) is 0 Å². The number of hydrogen-bond acceptors (Lipinski definition) is 6. The van der Waals surface area contributed by atoms with Crippen molar-refractivity contribution in [2.45, 2.75) is 76.8 Å². The molecule has 0 unspecified atom stereocenters. The summed E-state index contributed by atoms with van der Waals surface area (Å²) in [5.41, 5.74) is -0.699. The van der Waals surface area contributed by atoms with Crippen LogP contribution in [0.2, 0.25) is 0 Å². The number of ether oxygens (including phenoxy) is 5. The molecule has 3 aliphatic heterocycles. The normalized spacial score (nSPS) is 42.6. The van der Waals surface area contributed by atoms with Crippen molar-refractivity contribution < 1.29 is 28.5 Å². The second-order valence-electron chi connectivity index (χ2n) is 6.98. The molecule has 0 spiro atoms. The van der Waals surface area contributed by atoms with Gasteiger partial charge in [0.1, 0.15) is 30.1 Å². The smallest absolute Gasteiger partial charge is 0.222 e. The van der Waals surface area contributed by atoms with Crippen LogP contribution in [-0.2, 0) is 28.5 Å². The highest BCUT2D eigenvalue weighted by atomic mass is 16.8. The summed E-state index contributed by atoms with van der Waals surface area (Å²) in [5, 5.41) is 0. The molecular formula is C15H25NO6. The first kappa shape index (κ1) is 16.1. The van der Waals surface area contributed by atoms with Crippen molar-refractivity contribution in [2.24, 2.45) is 0 Å². The van der Waals surface area contributed by atoms with Crippen molar-refractivity contribution >= 4 is 5.91 Å². The molecule has 3 aliphatic rings. The second kappa shape index (κ2) is 5.14. The molecule has 3 fully saturated rings. The molecule has 0 aromatic rings. The maximum atomic E-state index is 12.1. The van der Waals surface area contributed by atoms with Gasteiger partial charge in [0, 0.05) is 14.0 Å². The summed E-state index contributed by atoms with van der Waals surface area (Å²) in [6.45, 7) is 9.47. The molecule has 5 atom stereocenters. The number of carbonyl (C=O) groups is 1. The molecule has 3 rings (SSSR count). The lowest BCUT2D eigenvalue weighted by Crippen LogP contribution is -2.51. The van der Waals surface area contributed by atoms with Gasteiger partial charge < -0.3 is 28.6 Å². The van der Waals surface area contributed by atoms with E-state index in [1.807, 2.05) is 27.7 Å². The lowest BCUT2D eigenvalue weighted by atomic mass is 10.0. The van der Waals surface area contributed by atoms with Crippen LogP contribution in [0.25, 0.3) is 0 Å². The van der Waals surface area contributed by atoms with Gasteiger partial charge in [0.25, 0.3) is 0 Å². The third-order valence-corrected chi connectivity index (χ3v) is 4.50. The first-order chi connectivity index (χ1) is 10.2. The topological polar surface area (TPSA) is 66.5 Å². The maximum absolute atomic E-state index is 12.1. The molecule has 0 N–H and O–H groups in total. The van der Waals surface area contributed by atoms with Crippen molar-refractivity contribution in [1.29, 1.82) is 0 Å². The fourth-order valence-electron chi connectivity index (χ4n) is 3.78. The van der Waals surface area contributed by atoms with Crippen LogP contribution in [0.5, 0.6) is 0 Å². The number of fused-ring (bicyclic) bond motifs is 1. The fraction of sp³-hybridized carbons (Fsp3) is 0.933. The molecule has 0 aromatic carbocycles. The van der Waals surface area contributed by atoms with Gasteiger partial charge in [-0.05, 0) is 27.7 Å². The summed E-state index contributed by atoms with van der Waals surface area (Å²) in [4.78, 5) is 13.8. The van der Waals surface area contributed by atoms with Gasteiger partial charge in [-0.1, -0.05) is 0 Å². The van der Waals surface area contributed by atoms with Crippen LogP contribution in [0.15, 0.2) is 0 Å². The van der Waals surface area contributed by atoms with Crippen molar-refractivity contribution in [3.05, 3.63) is 0 Å². The Morgan fingerprint density at radius 1 is 1.18 bits per heavy atom. The Balaban J connectivity index is 1.86. The Hall–Kier alpha value is -0.730. The molecule has 3 heterocycles. The highest BCUT2D eigenvalue weighted by Crippen LogP contribution is 2.44. The zero-order valence-corrected chi connectivity index (χ0v) is 14.0. The van der Waals surface area contributed by atoms with Crippen LogP contribution in [-0.4, -0.2) is 66.7 Å². The molecule has 22 heavy (non-hydrogen) atoms. The lowest BCUT2D eigenvalue weighted by molar-refractivity contribution is -0.210. The summed E-state index contributed by atoms with van der Waals surface area (Å²) >= 11 is 0. The average Bonchev–Trinajstić information content (AvgIpc) is 2.98. The Bertz CT molecular complexity index is 465. The molecule has 1 amide bonds. The van der Waals surface area contributed by atoms with Crippen molar-refractivity contribution in [3.8, 4) is 0 Å². The molecule has 0 aromatic heterocycles. The van der Waals surface area contributed by atoms with Gasteiger partial charge in [0.15, 0.2) is 12.1 Å². The summed E-state index contributed by atoms with van der Waals surface area (Å²) in [7, 11) is 1.57. The molecule has 0 radical (unpaired) electrons. The molecule has 0 saturated carbocycles. The predicted octanol–water partition coefficient (Wildman–Crippen LogP) is 0.861. The van der Waals surface area contributed by atoms with Crippen molar-refractivity contribution in [2.75, 3.05) is 13.7 Å². The second-order valence-corrected chi connectivity index (χ2v) is 6.98. The van der Waals surface area contributed by atoms with Crippen molar-refractivity contribution in [1.82, 2.24) is 4.90 Å². The molecular weight excluding hydrogens is 290 g/mol. The van der Waals surface area contributed by atoms with E-state index in [4.69, 9.17) is 23.7 Å². The highest BCUT2D eigenvalue weighted by Gasteiger charge is 2.62. The summed E-state index contributed by atoms with van der Waals surface area (Å²) < 4.78 is 29.1. The van der Waals surface area contributed by atoms with Crippen LogP contribution < -0.4 is 0 Å². The number of nitrogens with zero attached hydrogens (tertiary/aromatic N) is 1. The average molecular weight is 315 g/mol. The summed E-state index contributed by atoms with van der Waals surface area (Å²) in [6, 6.07) is -0.283. The minimum Gasteiger partial charge on any atom is -0.354 e. The molecule has 7 heteroatoms. The predicted molar refractivity (Wildman–Crippen MR) is 75.8 cm³/mol. The van der Waals surface area contributed by atoms with Crippen LogP contribution >= 0.6 is 0 Å². The highest BCUT2D eigenvalue weighted by molar-refractivity contribution is 5.75. The zero-order chi connectivity index (χ0) is 16.3. The zero-order valence-electron chi connectivity index (χ0n) is 14.0. The lowest BCUT2D eigenvalue weighted by Gasteiger charge is -2.34. The number of amides is 1. The van der Waals surface area contributed by atoms with Gasteiger partial charge in [0.05, 0.1) is 6.61 Å². The van der Waals surface area contributed by atoms with Gasteiger partial charge in [-0.25, -0.2) is 0 Å². The summed E-state index contributed by atoms with van der Waals surface area (Å²) in [6.07, 6.45) is -1.41. The fourth-order valence-corrected chi connectivity index (χ4v) is 3.78. The third kappa shape index (κ3) is 2.45. The number of rotatable bonds is 2. The van der Waals surface area contributed by atoms with E-state index in [2.05, 4.69) is 0 Å². The van der Waals surface area contributed by atoms with Crippen LogP contribution in [0.4, 0.5) is 0 Å². The standard InChI is InChI=1S/C15H25NO6/c1-8(17)16-10-12(22-14(16,2)3)11(20-13(10)18-6)9-7-19-15(4,5)21-9/h9-13H,7H2,1-6H3/t9-,10+,11-,12-,13+/m1/s1. The Kier molecular flexibility index (Phi) is 3.77. The first-order valence-electron chi connectivity index (χ1n) is 7.64. The molecule has 0 aliphatic carbocycles. The monoisotopic (exact) mass is 315 g/mol. The van der Waals surface area contributed by atoms with E-state index in [1.165, 1.54) is 6.92 Å². The Morgan fingerprint density at radius 2 is 1.86 bits per heavy atom. The Labute approximate surface area is 130 Å². The van der Waals surface area contributed by atoms with Gasteiger partial charge in [0.2, 0.25) is 5.91 Å². The minimum atomic E-state index is -0.699.